The maximum atomic E-state index is 14.1. The summed E-state index contributed by atoms with van der Waals surface area (Å²) >= 11 is 0. The molecule has 0 unspecified atom stereocenters. The number of hydrogen-bond acceptors (Lipinski definition) is 10. The lowest BCUT2D eigenvalue weighted by molar-refractivity contribution is 0.0171. The number of nitrogens with one attached hydrogen (secondary N) is 2. The highest BCUT2D eigenvalue weighted by molar-refractivity contribution is 6.08. The van der Waals surface area contributed by atoms with Crippen molar-refractivity contribution in [3.8, 4) is 45.3 Å². The van der Waals surface area contributed by atoms with Crippen molar-refractivity contribution in [3.05, 3.63) is 143 Å². The normalized spacial score (nSPS) is 15.6. The maximum Gasteiger partial charge on any atom is 0.410 e. The van der Waals surface area contributed by atoms with Crippen molar-refractivity contribution in [1.29, 1.82) is 0 Å². The molecule has 16 nitrogen and oxygen atoms in total. The van der Waals surface area contributed by atoms with Gasteiger partial charge in [-0.15, -0.1) is 0 Å². The largest absolute Gasteiger partial charge is 0.451 e. The highest BCUT2D eigenvalue weighted by Crippen LogP contribution is 2.38. The van der Waals surface area contributed by atoms with Gasteiger partial charge in [-0.05, 0) is 162 Å². The first-order valence-electron chi connectivity index (χ1n) is 27.3. The Kier molecular flexibility index (Phi) is 18.7. The van der Waals surface area contributed by atoms with Crippen molar-refractivity contribution in [2.24, 2.45) is 0 Å². The summed E-state index contributed by atoms with van der Waals surface area (Å²) in [5.41, 5.74) is 0.512. The van der Waals surface area contributed by atoms with Crippen LogP contribution in [0.2, 0.25) is 0 Å². The number of halogens is 4. The molecule has 6 aromatic rings. The third-order valence-electron chi connectivity index (χ3n) is 13.1. The monoisotopic (exact) mass is 1150 g/mol. The average molecular weight is 1150 g/mol. The molecule has 2 atom stereocenters. The van der Waals surface area contributed by atoms with Crippen LogP contribution in [-0.4, -0.2) is 104 Å². The van der Waals surface area contributed by atoms with Gasteiger partial charge >= 0.3 is 12.2 Å². The fourth-order valence-corrected chi connectivity index (χ4v) is 9.58. The Morgan fingerprint density at radius 1 is 0.506 bits per heavy atom. The molecule has 2 aliphatic rings. The van der Waals surface area contributed by atoms with E-state index in [-0.39, 0.29) is 46.1 Å². The third kappa shape index (κ3) is 15.8. The molecule has 0 radical (unpaired) electrons. The van der Waals surface area contributed by atoms with Crippen LogP contribution >= 0.6 is 0 Å². The lowest BCUT2D eigenvalue weighted by atomic mass is 10.0. The van der Waals surface area contributed by atoms with Gasteiger partial charge in [-0.25, -0.2) is 27.2 Å². The van der Waals surface area contributed by atoms with E-state index < -0.39 is 81.0 Å². The molecule has 0 aliphatic carbocycles. The summed E-state index contributed by atoms with van der Waals surface area (Å²) in [5.74, 6) is -4.83. The second kappa shape index (κ2) is 25.0. The molecule has 4 heterocycles. The highest BCUT2D eigenvalue weighted by Gasteiger charge is 2.36. The SMILES string of the molecule is CC(C)(C)NC(=O)c1c(-c2ccc(Oc3c(F)cccc3F)cc2)cn([C@@H]2CCCN(C(=O)OC(C)(C)C)C2)c1C=O.CC(C)(C)NC(=O)c1c(-c2ccc(Oc3c(F)cccc3F)cc2)cn([C@@H]2CCN(C(=O)OC(C)(C)C)C2)c1C=O. The number of ether oxygens (including phenoxy) is 4. The first kappa shape index (κ1) is 62.2. The molecule has 0 spiro atoms. The number of carbonyl (C=O) groups is 6. The van der Waals surface area contributed by atoms with Gasteiger partial charge in [-0.3, -0.25) is 19.2 Å². The molecule has 20 heteroatoms. The Bertz CT molecular complexity index is 3330. The van der Waals surface area contributed by atoms with Crippen LogP contribution in [0.3, 0.4) is 0 Å². The van der Waals surface area contributed by atoms with Crippen LogP contribution in [0.1, 0.15) is 156 Å². The molecule has 2 saturated heterocycles. The lowest BCUT2D eigenvalue weighted by Gasteiger charge is -2.35. The van der Waals surface area contributed by atoms with Gasteiger partial charge in [0.05, 0.1) is 34.6 Å². The zero-order valence-corrected chi connectivity index (χ0v) is 48.9. The third-order valence-corrected chi connectivity index (χ3v) is 13.1. The predicted molar refractivity (Wildman–Crippen MR) is 305 cm³/mol. The van der Waals surface area contributed by atoms with Crippen molar-refractivity contribution < 1.29 is 65.3 Å². The summed E-state index contributed by atoms with van der Waals surface area (Å²) in [6, 6.07) is 19.1. The first-order valence-corrected chi connectivity index (χ1v) is 27.3. The van der Waals surface area contributed by atoms with Gasteiger partial charge in [0.2, 0.25) is 0 Å². The number of aromatic nitrogens is 2. The molecule has 442 valence electrons. The van der Waals surface area contributed by atoms with Gasteiger partial charge in [-0.1, -0.05) is 36.4 Å². The molecule has 4 amide bonds. The van der Waals surface area contributed by atoms with E-state index in [1.54, 1.807) is 97.1 Å². The molecule has 83 heavy (non-hydrogen) atoms. The number of nitrogens with zero attached hydrogens (tertiary/aromatic N) is 4. The Morgan fingerprint density at radius 2 is 0.855 bits per heavy atom. The van der Waals surface area contributed by atoms with E-state index in [1.807, 2.05) is 41.5 Å². The molecule has 0 saturated carbocycles. The number of amides is 4. The van der Waals surface area contributed by atoms with Crippen LogP contribution in [0.15, 0.2) is 97.3 Å². The number of para-hydroxylation sites is 2. The molecule has 0 bridgehead atoms. The molecule has 2 aromatic heterocycles. The van der Waals surface area contributed by atoms with Gasteiger partial charge in [-0.2, -0.15) is 0 Å². The molecule has 2 fully saturated rings. The van der Waals surface area contributed by atoms with Gasteiger partial charge in [0.15, 0.2) is 47.3 Å². The summed E-state index contributed by atoms with van der Waals surface area (Å²) in [6.45, 7) is 23.4. The average Bonchev–Trinajstić information content (AvgIpc) is 2.37. The van der Waals surface area contributed by atoms with Gasteiger partial charge < -0.3 is 48.5 Å². The first-order chi connectivity index (χ1) is 38.8. The minimum atomic E-state index is -0.833. The maximum absolute atomic E-state index is 14.1. The van der Waals surface area contributed by atoms with Gasteiger partial charge in [0.1, 0.15) is 22.7 Å². The number of rotatable bonds is 12. The number of aldehydes is 2. The topological polar surface area (TPSA) is 180 Å². The van der Waals surface area contributed by atoms with Crippen molar-refractivity contribution >= 4 is 36.6 Å². The standard InChI is InChI=1S/C32H37F2N3O5.C31H35F2N3O5/c1-31(2,3)35-29(39)27-23(20-12-14-22(15-13-20)41-28-24(33)10-7-11-25(28)34)18-37(26(27)19-38)21-9-8-16-36(17-21)30(40)42-32(4,5)6;1-30(2,3)34-28(38)26-22(19-10-12-21(13-11-19)40-27-23(32)8-7-9-24(27)33)17-36(25(26)18-37)20-14-15-35(16-20)29(39)41-31(4,5)6/h7,10-15,18-19,21H,8-9,16-17H2,1-6H3,(H,35,39);7-13,17-18,20H,14-16H2,1-6H3,(H,34,38)/t21-;20-/m11/s1. The van der Waals surface area contributed by atoms with E-state index >= 15 is 0 Å². The fraction of sp³-hybridized carbons (Fsp3) is 0.397. The molecule has 2 aliphatic heterocycles. The Labute approximate surface area is 481 Å². The van der Waals surface area contributed by atoms with Gasteiger partial charge in [0.25, 0.3) is 11.8 Å². The predicted octanol–water partition coefficient (Wildman–Crippen LogP) is 13.9. The van der Waals surface area contributed by atoms with Crippen LogP contribution in [0.5, 0.6) is 23.0 Å². The Balaban J connectivity index is 0.000000239. The second-order valence-electron chi connectivity index (χ2n) is 24.5. The van der Waals surface area contributed by atoms with Crippen LogP contribution in [0.4, 0.5) is 27.2 Å². The molecular formula is C63H72F4N6O10. The molecular weight excluding hydrogens is 1080 g/mol. The quantitative estimate of drug-likeness (QED) is 0.0884. The summed E-state index contributed by atoms with van der Waals surface area (Å²) in [5, 5.41) is 5.87. The lowest BCUT2D eigenvalue weighted by Crippen LogP contribution is -2.43. The number of likely N-dealkylation sites (tertiary alicyclic amines) is 2. The van der Waals surface area contributed by atoms with E-state index in [0.717, 1.165) is 24.3 Å². The van der Waals surface area contributed by atoms with Crippen molar-refractivity contribution in [3.63, 3.8) is 0 Å². The summed E-state index contributed by atoms with van der Waals surface area (Å²) in [7, 11) is 0. The minimum Gasteiger partial charge on any atom is -0.451 e. The number of carbonyl (C=O) groups excluding carboxylic acids is 6. The highest BCUT2D eigenvalue weighted by atomic mass is 19.1. The van der Waals surface area contributed by atoms with Crippen LogP contribution in [0, 0.1) is 23.3 Å². The minimum absolute atomic E-state index is 0.187. The zero-order valence-electron chi connectivity index (χ0n) is 48.9. The van der Waals surface area contributed by atoms with E-state index in [1.165, 1.54) is 36.4 Å². The van der Waals surface area contributed by atoms with Crippen LogP contribution < -0.4 is 20.1 Å². The zero-order chi connectivity index (χ0) is 60.9. The number of benzene rings is 4. The van der Waals surface area contributed by atoms with Crippen molar-refractivity contribution in [2.45, 2.75) is 137 Å². The van der Waals surface area contributed by atoms with Crippen molar-refractivity contribution in [2.75, 3.05) is 26.2 Å². The number of hydrogen-bond donors (Lipinski definition) is 2. The van der Waals surface area contributed by atoms with Crippen LogP contribution in [0.25, 0.3) is 22.3 Å². The van der Waals surface area contributed by atoms with E-state index in [4.69, 9.17) is 18.9 Å². The molecule has 8 rings (SSSR count). The summed E-state index contributed by atoms with van der Waals surface area (Å²) in [4.78, 5) is 80.7. The summed E-state index contributed by atoms with van der Waals surface area (Å²) in [6.07, 6.45) is 5.87. The van der Waals surface area contributed by atoms with E-state index in [0.29, 0.717) is 80.3 Å². The second-order valence-corrected chi connectivity index (χ2v) is 24.5. The Morgan fingerprint density at radius 3 is 1.19 bits per heavy atom. The smallest absolute Gasteiger partial charge is 0.410 e. The van der Waals surface area contributed by atoms with Crippen LogP contribution in [-0.2, 0) is 9.47 Å². The van der Waals surface area contributed by atoms with Gasteiger partial charge in [0, 0.05) is 60.8 Å². The van der Waals surface area contributed by atoms with E-state index in [2.05, 4.69) is 10.6 Å². The molecule has 4 aromatic carbocycles. The fourth-order valence-electron chi connectivity index (χ4n) is 9.58. The van der Waals surface area contributed by atoms with Crippen molar-refractivity contribution in [1.82, 2.24) is 29.6 Å². The van der Waals surface area contributed by atoms with E-state index in [9.17, 15) is 46.3 Å². The summed E-state index contributed by atoms with van der Waals surface area (Å²) < 4.78 is 81.8. The molecule has 2 N–H and O–H groups in total. The Hall–Kier alpha value is -8.42. The number of piperidine rings is 1.